The molecule has 0 aromatic heterocycles. The van der Waals surface area contributed by atoms with E-state index >= 15 is 0 Å². The third-order valence-corrected chi connectivity index (χ3v) is 5.81. The van der Waals surface area contributed by atoms with E-state index in [9.17, 15) is 9.59 Å². The molecule has 148 valence electrons. The van der Waals surface area contributed by atoms with Crippen LogP contribution in [0.3, 0.4) is 0 Å². The lowest BCUT2D eigenvalue weighted by Crippen LogP contribution is -2.43. The summed E-state index contributed by atoms with van der Waals surface area (Å²) in [5.41, 5.74) is 1.29. The number of benzene rings is 1. The van der Waals surface area contributed by atoms with E-state index in [-0.39, 0.29) is 11.9 Å². The average molecular weight is 372 g/mol. The number of nitrogens with zero attached hydrogens (tertiary/aromatic N) is 1. The van der Waals surface area contributed by atoms with Gasteiger partial charge in [0.1, 0.15) is 0 Å². The van der Waals surface area contributed by atoms with Crippen molar-refractivity contribution in [3.05, 3.63) is 35.9 Å². The summed E-state index contributed by atoms with van der Waals surface area (Å²) in [7, 11) is 0. The highest BCUT2D eigenvalue weighted by Crippen LogP contribution is 2.22. The Morgan fingerprint density at radius 2 is 1.78 bits per heavy atom. The van der Waals surface area contributed by atoms with Crippen LogP contribution in [0.4, 0.5) is 4.79 Å². The van der Waals surface area contributed by atoms with Crippen LogP contribution >= 0.6 is 0 Å². The van der Waals surface area contributed by atoms with Gasteiger partial charge in [-0.3, -0.25) is 4.79 Å². The molecule has 1 saturated carbocycles. The van der Waals surface area contributed by atoms with Crippen LogP contribution in [0.15, 0.2) is 30.3 Å². The molecule has 1 heterocycles. The minimum Gasteiger partial charge on any atom is -0.339 e. The molecule has 2 aliphatic rings. The van der Waals surface area contributed by atoms with Crippen molar-refractivity contribution >= 4 is 11.9 Å². The van der Waals surface area contributed by atoms with Gasteiger partial charge in [-0.25, -0.2) is 4.79 Å². The van der Waals surface area contributed by atoms with E-state index in [1.54, 1.807) is 0 Å². The Balaban J connectivity index is 1.34. The minimum atomic E-state index is -0.0857. The lowest BCUT2D eigenvalue weighted by atomic mass is 9.96. The Morgan fingerprint density at radius 1 is 1.00 bits per heavy atom. The summed E-state index contributed by atoms with van der Waals surface area (Å²) in [6.07, 6.45) is 10.2. The maximum absolute atomic E-state index is 12.6. The van der Waals surface area contributed by atoms with Crippen molar-refractivity contribution in [2.24, 2.45) is 0 Å². The van der Waals surface area contributed by atoms with Crippen LogP contribution in [0.1, 0.15) is 63.4 Å². The van der Waals surface area contributed by atoms with Crippen LogP contribution in [-0.2, 0) is 11.2 Å². The zero-order valence-electron chi connectivity index (χ0n) is 16.3. The molecule has 3 amide bonds. The number of carbonyl (C=O) groups excluding carboxylic acids is 2. The van der Waals surface area contributed by atoms with Gasteiger partial charge in [-0.2, -0.15) is 0 Å². The van der Waals surface area contributed by atoms with Crippen LogP contribution in [0, 0.1) is 0 Å². The third kappa shape index (κ3) is 6.26. The summed E-state index contributed by atoms with van der Waals surface area (Å²) in [4.78, 5) is 26.6. The number of likely N-dealkylation sites (tertiary alicyclic amines) is 1. The highest BCUT2D eigenvalue weighted by molar-refractivity contribution is 5.77. The zero-order chi connectivity index (χ0) is 18.9. The van der Waals surface area contributed by atoms with Gasteiger partial charge in [0.2, 0.25) is 5.91 Å². The van der Waals surface area contributed by atoms with Crippen molar-refractivity contribution < 1.29 is 9.59 Å². The highest BCUT2D eigenvalue weighted by atomic mass is 16.2. The molecule has 5 nitrogen and oxygen atoms in total. The van der Waals surface area contributed by atoms with Crippen molar-refractivity contribution in [3.8, 4) is 0 Å². The Bertz CT molecular complexity index is 599. The van der Waals surface area contributed by atoms with E-state index in [2.05, 4.69) is 39.8 Å². The summed E-state index contributed by atoms with van der Waals surface area (Å²) in [5.74, 6) is 0.225. The quantitative estimate of drug-likeness (QED) is 0.719. The Labute approximate surface area is 162 Å². The van der Waals surface area contributed by atoms with Crippen molar-refractivity contribution in [2.75, 3.05) is 13.1 Å². The molecule has 1 aliphatic carbocycles. The molecule has 0 bridgehead atoms. The normalized spacial score (nSPS) is 20.4. The minimum absolute atomic E-state index is 0.0857. The van der Waals surface area contributed by atoms with Crippen LogP contribution in [0.25, 0.3) is 0 Å². The first-order valence-corrected chi connectivity index (χ1v) is 10.6. The number of nitrogens with one attached hydrogen (secondary N) is 2. The van der Waals surface area contributed by atoms with Gasteiger partial charge < -0.3 is 15.5 Å². The van der Waals surface area contributed by atoms with Gasteiger partial charge in [0.25, 0.3) is 0 Å². The van der Waals surface area contributed by atoms with Crippen LogP contribution < -0.4 is 10.6 Å². The largest absolute Gasteiger partial charge is 0.339 e. The summed E-state index contributed by atoms with van der Waals surface area (Å²) in [5, 5.41) is 5.96. The molecule has 1 saturated heterocycles. The number of rotatable bonds is 7. The average Bonchev–Trinajstić information content (AvgIpc) is 3.15. The molecular weight excluding hydrogens is 338 g/mol. The predicted octanol–water partition coefficient (Wildman–Crippen LogP) is 3.63. The lowest BCUT2D eigenvalue weighted by Gasteiger charge is -2.25. The second kappa shape index (κ2) is 10.3. The number of hydrogen-bond donors (Lipinski definition) is 2. The number of amides is 3. The van der Waals surface area contributed by atoms with E-state index < -0.39 is 0 Å². The molecule has 27 heavy (non-hydrogen) atoms. The van der Waals surface area contributed by atoms with Crippen molar-refractivity contribution in [1.29, 1.82) is 0 Å². The second-order valence-corrected chi connectivity index (χ2v) is 7.91. The van der Waals surface area contributed by atoms with Crippen molar-refractivity contribution in [1.82, 2.24) is 15.5 Å². The van der Waals surface area contributed by atoms with Crippen LogP contribution in [0.2, 0.25) is 0 Å². The third-order valence-electron chi connectivity index (χ3n) is 5.81. The molecular formula is C22H33N3O2. The molecule has 1 unspecified atom stereocenters. The zero-order valence-corrected chi connectivity index (χ0v) is 16.3. The van der Waals surface area contributed by atoms with E-state index in [4.69, 9.17) is 0 Å². The standard InChI is InChI=1S/C22H33N3O2/c26-21(14-7-15-23-22(27)24-19-11-5-2-6-12-19)25-16-8-13-20(25)17-18-9-3-1-4-10-18/h1,3-4,9-10,19-20H,2,5-8,11-17H2,(H2,23,24,27). The number of carbonyl (C=O) groups is 2. The molecule has 0 spiro atoms. The van der Waals surface area contributed by atoms with Gasteiger partial charge in [0.05, 0.1) is 0 Å². The molecule has 1 aliphatic heterocycles. The fraction of sp³-hybridized carbons (Fsp3) is 0.636. The maximum atomic E-state index is 12.6. The Hall–Kier alpha value is -2.04. The fourth-order valence-electron chi connectivity index (χ4n) is 4.33. The predicted molar refractivity (Wildman–Crippen MR) is 108 cm³/mol. The topological polar surface area (TPSA) is 61.4 Å². The van der Waals surface area contributed by atoms with Gasteiger partial charge in [-0.1, -0.05) is 49.6 Å². The van der Waals surface area contributed by atoms with Gasteiger partial charge in [-0.05, 0) is 44.1 Å². The summed E-state index contributed by atoms with van der Waals surface area (Å²) in [6.45, 7) is 1.42. The number of hydrogen-bond acceptors (Lipinski definition) is 2. The van der Waals surface area contributed by atoms with E-state index in [1.807, 2.05) is 6.07 Å². The van der Waals surface area contributed by atoms with Crippen LogP contribution in [-0.4, -0.2) is 42.0 Å². The van der Waals surface area contributed by atoms with Gasteiger partial charge >= 0.3 is 6.03 Å². The van der Waals surface area contributed by atoms with Gasteiger partial charge in [0.15, 0.2) is 0 Å². The first kappa shape index (κ1) is 19.7. The molecule has 1 atom stereocenters. The number of urea groups is 1. The summed E-state index contributed by atoms with van der Waals surface area (Å²) >= 11 is 0. The van der Waals surface area contributed by atoms with E-state index in [0.29, 0.717) is 31.5 Å². The van der Waals surface area contributed by atoms with Crippen LogP contribution in [0.5, 0.6) is 0 Å². The molecule has 5 heteroatoms. The van der Waals surface area contributed by atoms with Crippen molar-refractivity contribution in [2.45, 2.75) is 76.3 Å². The maximum Gasteiger partial charge on any atom is 0.315 e. The van der Waals surface area contributed by atoms with Gasteiger partial charge in [0, 0.05) is 31.6 Å². The monoisotopic (exact) mass is 371 g/mol. The fourth-order valence-corrected chi connectivity index (χ4v) is 4.33. The first-order chi connectivity index (χ1) is 13.2. The molecule has 1 aromatic carbocycles. The molecule has 2 N–H and O–H groups in total. The van der Waals surface area contributed by atoms with Gasteiger partial charge in [-0.15, -0.1) is 0 Å². The smallest absolute Gasteiger partial charge is 0.315 e. The highest BCUT2D eigenvalue weighted by Gasteiger charge is 2.28. The molecule has 3 rings (SSSR count). The van der Waals surface area contributed by atoms with E-state index in [0.717, 1.165) is 38.6 Å². The summed E-state index contributed by atoms with van der Waals surface area (Å²) < 4.78 is 0. The van der Waals surface area contributed by atoms with Crippen molar-refractivity contribution in [3.63, 3.8) is 0 Å². The summed E-state index contributed by atoms with van der Waals surface area (Å²) in [6, 6.07) is 11.0. The molecule has 2 fully saturated rings. The second-order valence-electron chi connectivity index (χ2n) is 7.91. The Kier molecular flexibility index (Phi) is 7.55. The molecule has 1 aromatic rings. The SMILES string of the molecule is O=C(NCCCC(=O)N1CCCC1Cc1ccccc1)NC1CCCCC1. The van der Waals surface area contributed by atoms with E-state index in [1.165, 1.54) is 24.8 Å². The Morgan fingerprint density at radius 3 is 2.56 bits per heavy atom. The first-order valence-electron chi connectivity index (χ1n) is 10.6. The molecule has 0 radical (unpaired) electrons. The lowest BCUT2D eigenvalue weighted by molar-refractivity contribution is -0.132.